The quantitative estimate of drug-likeness (QED) is 0.671. The number of hydrogen-bond acceptors (Lipinski definition) is 1. The molecule has 1 saturated carbocycles. The highest BCUT2D eigenvalue weighted by Crippen LogP contribution is 2.32. The third kappa shape index (κ3) is 4.00. The number of hydrogen-bond donors (Lipinski definition) is 1. The Labute approximate surface area is 110 Å². The van der Waals surface area contributed by atoms with Gasteiger partial charge in [0.05, 0.1) is 0 Å². The van der Waals surface area contributed by atoms with Crippen molar-refractivity contribution in [2.45, 2.75) is 17.7 Å². The molecule has 17 heavy (non-hydrogen) atoms. The van der Waals surface area contributed by atoms with Crippen LogP contribution in [-0.4, -0.2) is 17.3 Å². The fraction of sp³-hybridized carbons (Fsp3) is 0.357. The van der Waals surface area contributed by atoms with Crippen LogP contribution in [0.15, 0.2) is 36.4 Å². The number of halogens is 1. The molecule has 0 radical (unpaired) electrons. The van der Waals surface area contributed by atoms with Crippen molar-refractivity contribution < 1.29 is 4.79 Å². The van der Waals surface area contributed by atoms with E-state index in [-0.39, 0.29) is 5.91 Å². The summed E-state index contributed by atoms with van der Waals surface area (Å²) in [4.78, 5) is 12.2. The maximum atomic E-state index is 11.5. The molecule has 1 N–H and O–H groups in total. The molecule has 0 heterocycles. The summed E-state index contributed by atoms with van der Waals surface area (Å²) in [5, 5.41) is 2.93. The summed E-state index contributed by atoms with van der Waals surface area (Å²) in [7, 11) is 0. The lowest BCUT2D eigenvalue weighted by Gasteiger charge is -2.31. The molecule has 0 spiro atoms. The van der Waals surface area contributed by atoms with E-state index in [0.717, 1.165) is 12.1 Å². The van der Waals surface area contributed by atoms with Crippen LogP contribution in [0.25, 0.3) is 6.08 Å². The maximum absolute atomic E-state index is 11.5. The Morgan fingerprint density at radius 3 is 2.71 bits per heavy atom. The molecule has 2 rings (SSSR count). The zero-order chi connectivity index (χ0) is 12.1. The average molecular weight is 294 g/mol. The van der Waals surface area contributed by atoms with E-state index >= 15 is 0 Å². The predicted molar refractivity (Wildman–Crippen MR) is 73.9 cm³/mol. The summed E-state index contributed by atoms with van der Waals surface area (Å²) in [6, 6.07) is 9.84. The minimum absolute atomic E-state index is 0.00752. The molecule has 1 amide bonds. The summed E-state index contributed by atoms with van der Waals surface area (Å²) in [5.74, 6) is 0.639. The Bertz CT molecular complexity index is 396. The van der Waals surface area contributed by atoms with E-state index < -0.39 is 0 Å². The number of carbonyl (C=O) groups is 1. The van der Waals surface area contributed by atoms with Crippen molar-refractivity contribution in [1.29, 1.82) is 0 Å². The number of carbonyl (C=O) groups excluding carboxylic acids is 1. The van der Waals surface area contributed by atoms with Gasteiger partial charge in [0.15, 0.2) is 0 Å². The number of benzene rings is 1. The summed E-state index contributed by atoms with van der Waals surface area (Å²) < 4.78 is 0. The van der Waals surface area contributed by atoms with Gasteiger partial charge in [0.25, 0.3) is 0 Å². The largest absolute Gasteiger partial charge is 0.352 e. The molecule has 0 aromatic heterocycles. The second-order valence-electron chi connectivity index (χ2n) is 4.42. The van der Waals surface area contributed by atoms with Crippen LogP contribution in [0.1, 0.15) is 18.4 Å². The molecule has 0 saturated heterocycles. The third-order valence-electron chi connectivity index (χ3n) is 2.97. The average Bonchev–Trinajstić information content (AvgIpc) is 2.32. The van der Waals surface area contributed by atoms with Crippen LogP contribution in [0, 0.1) is 5.92 Å². The molecule has 3 heteroatoms. The van der Waals surface area contributed by atoms with Crippen molar-refractivity contribution in [2.24, 2.45) is 5.92 Å². The molecule has 1 fully saturated rings. The van der Waals surface area contributed by atoms with E-state index in [4.69, 9.17) is 0 Å². The van der Waals surface area contributed by atoms with Crippen LogP contribution < -0.4 is 5.32 Å². The monoisotopic (exact) mass is 293 g/mol. The first-order valence-electron chi connectivity index (χ1n) is 5.89. The van der Waals surface area contributed by atoms with Gasteiger partial charge in [-0.3, -0.25) is 4.79 Å². The van der Waals surface area contributed by atoms with Gasteiger partial charge in [-0.2, -0.15) is 0 Å². The number of nitrogens with one attached hydrogen (secondary N) is 1. The molecule has 1 aromatic rings. The third-order valence-corrected chi connectivity index (χ3v) is 3.72. The Balaban J connectivity index is 1.72. The first kappa shape index (κ1) is 12.4. The maximum Gasteiger partial charge on any atom is 0.244 e. The summed E-state index contributed by atoms with van der Waals surface area (Å²) >= 11 is 3.54. The van der Waals surface area contributed by atoms with Crippen molar-refractivity contribution in [1.82, 2.24) is 5.32 Å². The smallest absolute Gasteiger partial charge is 0.244 e. The first-order valence-corrected chi connectivity index (χ1v) is 6.80. The van der Waals surface area contributed by atoms with Crippen molar-refractivity contribution in [3.8, 4) is 0 Å². The van der Waals surface area contributed by atoms with Crippen LogP contribution in [0.5, 0.6) is 0 Å². The Morgan fingerprint density at radius 1 is 1.35 bits per heavy atom. The Kier molecular flexibility index (Phi) is 4.37. The SMILES string of the molecule is O=C(/C=C/c1ccccc1)NCC1CC(Br)C1. The van der Waals surface area contributed by atoms with E-state index in [2.05, 4.69) is 21.2 Å². The molecule has 0 atom stereocenters. The second kappa shape index (κ2) is 6.01. The molecule has 0 unspecified atom stereocenters. The van der Waals surface area contributed by atoms with Crippen LogP contribution >= 0.6 is 15.9 Å². The van der Waals surface area contributed by atoms with Gasteiger partial charge < -0.3 is 5.32 Å². The van der Waals surface area contributed by atoms with Gasteiger partial charge in [-0.1, -0.05) is 46.3 Å². The highest BCUT2D eigenvalue weighted by atomic mass is 79.9. The van der Waals surface area contributed by atoms with Crippen molar-refractivity contribution in [3.63, 3.8) is 0 Å². The van der Waals surface area contributed by atoms with Crippen LogP contribution in [0.2, 0.25) is 0 Å². The summed E-state index contributed by atoms with van der Waals surface area (Å²) in [6.45, 7) is 0.792. The molecular formula is C14H16BrNO. The number of amides is 1. The van der Waals surface area contributed by atoms with Gasteiger partial charge in [-0.05, 0) is 30.4 Å². The second-order valence-corrected chi connectivity index (χ2v) is 5.72. The topological polar surface area (TPSA) is 29.1 Å². The molecule has 1 aromatic carbocycles. The minimum atomic E-state index is -0.00752. The summed E-state index contributed by atoms with van der Waals surface area (Å²) in [5.41, 5.74) is 1.05. The zero-order valence-corrected chi connectivity index (χ0v) is 11.2. The van der Waals surface area contributed by atoms with E-state index in [1.54, 1.807) is 6.08 Å². The van der Waals surface area contributed by atoms with Gasteiger partial charge in [-0.25, -0.2) is 0 Å². The van der Waals surface area contributed by atoms with Gasteiger partial charge in [0.2, 0.25) is 5.91 Å². The fourth-order valence-corrected chi connectivity index (χ4v) is 2.92. The Morgan fingerprint density at radius 2 is 2.06 bits per heavy atom. The van der Waals surface area contributed by atoms with Gasteiger partial charge in [-0.15, -0.1) is 0 Å². The minimum Gasteiger partial charge on any atom is -0.352 e. The Hall–Kier alpha value is -1.09. The molecule has 1 aliphatic rings. The lowest BCUT2D eigenvalue weighted by atomic mass is 9.85. The molecule has 90 valence electrons. The molecule has 0 aliphatic heterocycles. The first-order chi connectivity index (χ1) is 8.24. The molecule has 2 nitrogen and oxygen atoms in total. The zero-order valence-electron chi connectivity index (χ0n) is 9.60. The van der Waals surface area contributed by atoms with E-state index in [9.17, 15) is 4.79 Å². The predicted octanol–water partition coefficient (Wildman–Crippen LogP) is 2.99. The summed E-state index contributed by atoms with van der Waals surface area (Å²) in [6.07, 6.45) is 5.77. The van der Waals surface area contributed by atoms with E-state index in [0.29, 0.717) is 10.7 Å². The van der Waals surface area contributed by atoms with Crippen LogP contribution in [-0.2, 0) is 4.79 Å². The van der Waals surface area contributed by atoms with E-state index in [1.807, 2.05) is 36.4 Å². The molecular weight excluding hydrogens is 278 g/mol. The van der Waals surface area contributed by atoms with Crippen LogP contribution in [0.4, 0.5) is 0 Å². The van der Waals surface area contributed by atoms with Crippen molar-refractivity contribution in [2.75, 3.05) is 6.54 Å². The normalized spacial score (nSPS) is 23.4. The molecule has 1 aliphatic carbocycles. The van der Waals surface area contributed by atoms with E-state index in [1.165, 1.54) is 12.8 Å². The number of rotatable bonds is 4. The van der Waals surface area contributed by atoms with Gasteiger partial charge in [0.1, 0.15) is 0 Å². The lowest BCUT2D eigenvalue weighted by Crippen LogP contribution is -2.35. The number of alkyl halides is 1. The van der Waals surface area contributed by atoms with Crippen molar-refractivity contribution in [3.05, 3.63) is 42.0 Å². The molecule has 0 bridgehead atoms. The van der Waals surface area contributed by atoms with Gasteiger partial charge in [0, 0.05) is 17.4 Å². The van der Waals surface area contributed by atoms with Gasteiger partial charge >= 0.3 is 0 Å². The van der Waals surface area contributed by atoms with Crippen LogP contribution in [0.3, 0.4) is 0 Å². The standard InChI is InChI=1S/C14H16BrNO/c15-13-8-12(9-13)10-16-14(17)7-6-11-4-2-1-3-5-11/h1-7,12-13H,8-10H2,(H,16,17)/b7-6+. The lowest BCUT2D eigenvalue weighted by molar-refractivity contribution is -0.116. The van der Waals surface area contributed by atoms with Crippen molar-refractivity contribution >= 4 is 27.9 Å². The highest BCUT2D eigenvalue weighted by Gasteiger charge is 2.26. The fourth-order valence-electron chi connectivity index (χ4n) is 1.86. The highest BCUT2D eigenvalue weighted by molar-refractivity contribution is 9.09.